The summed E-state index contributed by atoms with van der Waals surface area (Å²) in [5, 5.41) is 6.51. The van der Waals surface area contributed by atoms with Gasteiger partial charge < -0.3 is 16.8 Å². The fourth-order valence-corrected chi connectivity index (χ4v) is 2.52. The minimum Gasteiger partial charge on any atom is -0.396 e. The predicted molar refractivity (Wildman–Crippen MR) is 78.2 cm³/mol. The average Bonchev–Trinajstić information content (AvgIpc) is 2.81. The van der Waals surface area contributed by atoms with Crippen LogP contribution in [0.2, 0.25) is 0 Å². The second-order valence-electron chi connectivity index (χ2n) is 3.97. The molecule has 0 amide bonds. The average molecular weight is 256 g/mol. The number of aromatic nitrogens is 1. The Morgan fingerprint density at radius 2 is 1.94 bits per heavy atom. The first kappa shape index (κ1) is 10.9. The molecule has 5 heteroatoms. The molecule has 0 aliphatic heterocycles. The molecule has 4 nitrogen and oxygen atoms in total. The normalized spacial score (nSPS) is 10.7. The molecule has 0 fully saturated rings. The lowest BCUT2D eigenvalue weighted by molar-refractivity contribution is 1.32. The highest BCUT2D eigenvalue weighted by molar-refractivity contribution is 7.17. The van der Waals surface area contributed by atoms with Crippen molar-refractivity contribution in [3.8, 4) is 0 Å². The summed E-state index contributed by atoms with van der Waals surface area (Å²) in [7, 11) is 0. The number of nitrogens with zero attached hydrogens (tertiary/aromatic N) is 1. The summed E-state index contributed by atoms with van der Waals surface area (Å²) in [5.41, 5.74) is 12.8. The van der Waals surface area contributed by atoms with Gasteiger partial charge in [0.15, 0.2) is 0 Å². The lowest BCUT2D eigenvalue weighted by atomic mass is 10.2. The van der Waals surface area contributed by atoms with Gasteiger partial charge in [0.05, 0.1) is 5.69 Å². The summed E-state index contributed by atoms with van der Waals surface area (Å²) in [6.45, 7) is 0. The van der Waals surface area contributed by atoms with E-state index in [0.717, 1.165) is 5.69 Å². The van der Waals surface area contributed by atoms with E-state index >= 15 is 0 Å². The van der Waals surface area contributed by atoms with E-state index in [2.05, 4.69) is 33.9 Å². The minimum atomic E-state index is 0.344. The van der Waals surface area contributed by atoms with Gasteiger partial charge in [-0.05, 0) is 47.2 Å². The Bertz CT molecular complexity index is 705. The summed E-state index contributed by atoms with van der Waals surface area (Å²) in [6.07, 6.45) is 0. The van der Waals surface area contributed by atoms with E-state index in [1.807, 2.05) is 12.1 Å². The molecular weight excluding hydrogens is 244 g/mol. The Labute approximate surface area is 108 Å². The number of hydrogen-bond acceptors (Lipinski definition) is 5. The third-order valence-corrected chi connectivity index (χ3v) is 3.58. The van der Waals surface area contributed by atoms with Gasteiger partial charge in [0, 0.05) is 10.4 Å². The van der Waals surface area contributed by atoms with Crippen LogP contribution in [0.3, 0.4) is 0 Å². The van der Waals surface area contributed by atoms with Crippen molar-refractivity contribution in [3.05, 3.63) is 41.8 Å². The zero-order valence-electron chi connectivity index (χ0n) is 9.55. The number of nitrogen functional groups attached to an aromatic ring is 2. The first-order valence-electron chi connectivity index (χ1n) is 5.49. The molecule has 0 atom stereocenters. The molecule has 0 saturated heterocycles. The SMILES string of the molecule is Nc1ccc(Nc2ccc3sccc3c2)nc1N. The van der Waals surface area contributed by atoms with Crippen LogP contribution in [-0.4, -0.2) is 4.98 Å². The monoisotopic (exact) mass is 256 g/mol. The number of benzene rings is 1. The van der Waals surface area contributed by atoms with Crippen molar-refractivity contribution in [2.45, 2.75) is 0 Å². The fourth-order valence-electron chi connectivity index (χ4n) is 1.75. The first-order chi connectivity index (χ1) is 8.72. The molecule has 18 heavy (non-hydrogen) atoms. The van der Waals surface area contributed by atoms with E-state index in [1.54, 1.807) is 17.4 Å². The molecule has 0 aliphatic rings. The predicted octanol–water partition coefficient (Wildman–Crippen LogP) is 3.20. The summed E-state index contributed by atoms with van der Waals surface area (Å²) >= 11 is 1.73. The maximum Gasteiger partial charge on any atom is 0.149 e. The summed E-state index contributed by atoms with van der Waals surface area (Å²) in [4.78, 5) is 4.18. The van der Waals surface area contributed by atoms with Crippen molar-refractivity contribution in [1.29, 1.82) is 0 Å². The van der Waals surface area contributed by atoms with Crippen molar-refractivity contribution in [2.75, 3.05) is 16.8 Å². The molecule has 5 N–H and O–H groups in total. The number of rotatable bonds is 2. The molecule has 0 spiro atoms. The van der Waals surface area contributed by atoms with Crippen LogP contribution in [0.1, 0.15) is 0 Å². The topological polar surface area (TPSA) is 77.0 Å². The summed E-state index contributed by atoms with van der Waals surface area (Å²) in [6, 6.07) is 11.8. The van der Waals surface area contributed by atoms with Crippen LogP contribution in [0.5, 0.6) is 0 Å². The fraction of sp³-hybridized carbons (Fsp3) is 0. The van der Waals surface area contributed by atoms with Crippen LogP contribution < -0.4 is 16.8 Å². The zero-order chi connectivity index (χ0) is 12.5. The molecule has 3 aromatic rings. The quantitative estimate of drug-likeness (QED) is 0.658. The van der Waals surface area contributed by atoms with Crippen molar-refractivity contribution in [2.24, 2.45) is 0 Å². The number of thiophene rings is 1. The summed E-state index contributed by atoms with van der Waals surface area (Å²) < 4.78 is 1.27. The largest absolute Gasteiger partial charge is 0.396 e. The van der Waals surface area contributed by atoms with Crippen molar-refractivity contribution < 1.29 is 0 Å². The Morgan fingerprint density at radius 3 is 2.78 bits per heavy atom. The molecule has 0 radical (unpaired) electrons. The Balaban J connectivity index is 1.92. The molecule has 0 saturated carbocycles. The smallest absolute Gasteiger partial charge is 0.149 e. The van der Waals surface area contributed by atoms with Gasteiger partial charge in [0.25, 0.3) is 0 Å². The molecule has 0 bridgehead atoms. The number of nitrogens with two attached hydrogens (primary N) is 2. The van der Waals surface area contributed by atoms with E-state index in [-0.39, 0.29) is 0 Å². The number of pyridine rings is 1. The Hall–Kier alpha value is -2.27. The van der Waals surface area contributed by atoms with Gasteiger partial charge in [-0.3, -0.25) is 0 Å². The van der Waals surface area contributed by atoms with E-state index in [4.69, 9.17) is 11.5 Å². The summed E-state index contributed by atoms with van der Waals surface area (Å²) in [5.74, 6) is 1.04. The number of hydrogen-bond donors (Lipinski definition) is 3. The lowest BCUT2D eigenvalue weighted by Crippen LogP contribution is -2.00. The van der Waals surface area contributed by atoms with Gasteiger partial charge in [0.2, 0.25) is 0 Å². The van der Waals surface area contributed by atoms with Gasteiger partial charge >= 0.3 is 0 Å². The second-order valence-corrected chi connectivity index (χ2v) is 4.92. The maximum absolute atomic E-state index is 5.67. The zero-order valence-corrected chi connectivity index (χ0v) is 10.4. The third-order valence-electron chi connectivity index (χ3n) is 2.68. The molecule has 2 heterocycles. The molecule has 90 valence electrons. The molecule has 0 aliphatic carbocycles. The van der Waals surface area contributed by atoms with Crippen LogP contribution in [0.15, 0.2) is 41.8 Å². The van der Waals surface area contributed by atoms with E-state index < -0.39 is 0 Å². The number of nitrogens with one attached hydrogen (secondary N) is 1. The van der Waals surface area contributed by atoms with Crippen molar-refractivity contribution in [1.82, 2.24) is 4.98 Å². The van der Waals surface area contributed by atoms with E-state index in [1.165, 1.54) is 10.1 Å². The first-order valence-corrected chi connectivity index (χ1v) is 6.36. The van der Waals surface area contributed by atoms with E-state index in [9.17, 15) is 0 Å². The van der Waals surface area contributed by atoms with Crippen molar-refractivity contribution in [3.63, 3.8) is 0 Å². The molecule has 0 unspecified atom stereocenters. The van der Waals surface area contributed by atoms with Crippen LogP contribution in [0, 0.1) is 0 Å². The van der Waals surface area contributed by atoms with Gasteiger partial charge in [-0.2, -0.15) is 0 Å². The molecule has 1 aromatic carbocycles. The van der Waals surface area contributed by atoms with Crippen molar-refractivity contribution >= 4 is 44.4 Å². The van der Waals surface area contributed by atoms with Crippen LogP contribution in [0.4, 0.5) is 23.0 Å². The molecule has 3 rings (SSSR count). The van der Waals surface area contributed by atoms with Crippen LogP contribution in [-0.2, 0) is 0 Å². The van der Waals surface area contributed by atoms with Crippen LogP contribution in [0.25, 0.3) is 10.1 Å². The standard InChI is InChI=1S/C13H12N4S/c14-10-2-4-12(17-13(10)15)16-9-1-3-11-8(7-9)5-6-18-11/h1-7H,14H2,(H3,15,16,17). The molecule has 2 aromatic heterocycles. The number of anilines is 4. The van der Waals surface area contributed by atoms with Gasteiger partial charge in [0.1, 0.15) is 11.6 Å². The highest BCUT2D eigenvalue weighted by Crippen LogP contribution is 2.26. The van der Waals surface area contributed by atoms with Crippen LogP contribution >= 0.6 is 11.3 Å². The number of fused-ring (bicyclic) bond motifs is 1. The third kappa shape index (κ3) is 1.96. The van der Waals surface area contributed by atoms with E-state index in [0.29, 0.717) is 17.3 Å². The second kappa shape index (κ2) is 4.19. The van der Waals surface area contributed by atoms with Gasteiger partial charge in [-0.15, -0.1) is 11.3 Å². The molecular formula is C13H12N4S. The highest BCUT2D eigenvalue weighted by Gasteiger charge is 2.01. The Kier molecular flexibility index (Phi) is 2.53. The minimum absolute atomic E-state index is 0.344. The maximum atomic E-state index is 5.67. The lowest BCUT2D eigenvalue weighted by Gasteiger charge is -2.07. The Morgan fingerprint density at radius 1 is 1.06 bits per heavy atom. The van der Waals surface area contributed by atoms with Gasteiger partial charge in [-0.1, -0.05) is 0 Å². The van der Waals surface area contributed by atoms with Gasteiger partial charge in [-0.25, -0.2) is 4.98 Å². The highest BCUT2D eigenvalue weighted by atomic mass is 32.1.